The van der Waals surface area contributed by atoms with Gasteiger partial charge in [-0.2, -0.15) is 0 Å². The number of carbonyl (C=O) groups excluding carboxylic acids is 1. The Morgan fingerprint density at radius 3 is 2.86 bits per heavy atom. The van der Waals surface area contributed by atoms with Gasteiger partial charge in [0, 0.05) is 13.2 Å². The van der Waals surface area contributed by atoms with E-state index in [4.69, 9.17) is 4.74 Å². The van der Waals surface area contributed by atoms with Gasteiger partial charge in [-0.1, -0.05) is 29.8 Å². The summed E-state index contributed by atoms with van der Waals surface area (Å²) < 4.78 is 5.41. The van der Waals surface area contributed by atoms with Gasteiger partial charge in [0.25, 0.3) is 0 Å². The highest BCUT2D eigenvalue weighted by Gasteiger charge is 2.21. The van der Waals surface area contributed by atoms with Crippen LogP contribution < -0.4 is 5.32 Å². The van der Waals surface area contributed by atoms with Gasteiger partial charge in [0.1, 0.15) is 0 Å². The molecule has 1 aliphatic rings. The van der Waals surface area contributed by atoms with E-state index in [1.165, 1.54) is 0 Å². The Labute approximate surface area is 93.7 Å². The van der Waals surface area contributed by atoms with Crippen molar-refractivity contribution in [2.24, 2.45) is 5.92 Å². The number of carbonyl (C=O) groups is 1. The number of amides is 1. The largest absolute Gasteiger partial charge is 0.376 e. The first-order chi connectivity index (χ1) is 6.61. The van der Waals surface area contributed by atoms with Crippen molar-refractivity contribution in [1.82, 2.24) is 5.32 Å². The maximum absolute atomic E-state index is 11.5. The van der Waals surface area contributed by atoms with Crippen LogP contribution in [0.3, 0.4) is 0 Å². The van der Waals surface area contributed by atoms with Crippen LogP contribution in [0.2, 0.25) is 0 Å². The van der Waals surface area contributed by atoms with Crippen LogP contribution in [0.1, 0.15) is 26.7 Å². The molecule has 1 saturated heterocycles. The minimum absolute atomic E-state index is 0.0653. The molecule has 2 atom stereocenters. The third-order valence-electron chi connectivity index (χ3n) is 2.36. The lowest BCUT2D eigenvalue weighted by Gasteiger charge is -2.15. The molecule has 0 aromatic heterocycles. The maximum Gasteiger partial charge on any atom is 0.234 e. The summed E-state index contributed by atoms with van der Waals surface area (Å²) in [4.78, 5) is 11.4. The van der Waals surface area contributed by atoms with Gasteiger partial charge in [0.15, 0.2) is 0 Å². The number of hydrogen-bond donors (Lipinski definition) is 1. The molecule has 1 rings (SSSR count). The molecule has 4 heteroatoms. The molecule has 1 fully saturated rings. The predicted molar refractivity (Wildman–Crippen MR) is 59.5 cm³/mol. The highest BCUT2D eigenvalue weighted by Crippen LogP contribution is 2.13. The SMILES string of the molecule is CC(C)[C@H](Br)C(=O)NC[C@@H]1CCCO1. The second kappa shape index (κ2) is 5.71. The monoisotopic (exact) mass is 263 g/mol. The summed E-state index contributed by atoms with van der Waals surface area (Å²) in [5, 5.41) is 2.89. The minimum atomic E-state index is -0.0936. The molecule has 0 spiro atoms. The van der Waals surface area contributed by atoms with Gasteiger partial charge in [0.05, 0.1) is 10.9 Å². The van der Waals surface area contributed by atoms with Gasteiger partial charge >= 0.3 is 0 Å². The van der Waals surface area contributed by atoms with Gasteiger partial charge in [-0.3, -0.25) is 4.79 Å². The third-order valence-corrected chi connectivity index (χ3v) is 3.84. The minimum Gasteiger partial charge on any atom is -0.376 e. The summed E-state index contributed by atoms with van der Waals surface area (Å²) in [7, 11) is 0. The van der Waals surface area contributed by atoms with Crippen LogP contribution in [0.15, 0.2) is 0 Å². The Balaban J connectivity index is 2.19. The van der Waals surface area contributed by atoms with Crippen molar-refractivity contribution in [3.8, 4) is 0 Å². The van der Waals surface area contributed by atoms with E-state index in [-0.39, 0.29) is 16.8 Å². The van der Waals surface area contributed by atoms with E-state index in [1.807, 2.05) is 13.8 Å². The molecule has 0 aromatic rings. The first-order valence-corrected chi connectivity index (χ1v) is 6.06. The van der Waals surface area contributed by atoms with Crippen LogP contribution >= 0.6 is 15.9 Å². The number of hydrogen-bond acceptors (Lipinski definition) is 2. The topological polar surface area (TPSA) is 38.3 Å². The third kappa shape index (κ3) is 3.58. The molecule has 0 unspecified atom stereocenters. The number of nitrogens with one attached hydrogen (secondary N) is 1. The maximum atomic E-state index is 11.5. The summed E-state index contributed by atoms with van der Waals surface area (Å²) >= 11 is 3.36. The summed E-state index contributed by atoms with van der Waals surface area (Å²) in [5.41, 5.74) is 0. The Hall–Kier alpha value is -0.0900. The van der Waals surface area contributed by atoms with Crippen molar-refractivity contribution in [3.63, 3.8) is 0 Å². The highest BCUT2D eigenvalue weighted by molar-refractivity contribution is 9.10. The normalized spacial score (nSPS) is 23.9. The van der Waals surface area contributed by atoms with E-state index in [0.29, 0.717) is 12.5 Å². The van der Waals surface area contributed by atoms with Crippen LogP contribution in [0, 0.1) is 5.92 Å². The number of alkyl halides is 1. The van der Waals surface area contributed by atoms with Gasteiger partial charge in [-0.15, -0.1) is 0 Å². The fourth-order valence-electron chi connectivity index (χ4n) is 1.42. The van der Waals surface area contributed by atoms with E-state index in [2.05, 4.69) is 21.2 Å². The second-order valence-electron chi connectivity index (χ2n) is 4.03. The Morgan fingerprint density at radius 1 is 1.64 bits per heavy atom. The quantitative estimate of drug-likeness (QED) is 0.785. The molecule has 0 bridgehead atoms. The van der Waals surface area contributed by atoms with E-state index in [1.54, 1.807) is 0 Å². The van der Waals surface area contributed by atoms with Crippen molar-refractivity contribution in [2.75, 3.05) is 13.2 Å². The summed E-state index contributed by atoms with van der Waals surface area (Å²) in [5.74, 6) is 0.384. The lowest BCUT2D eigenvalue weighted by Crippen LogP contribution is -2.38. The molecule has 1 heterocycles. The Kier molecular flexibility index (Phi) is 4.89. The first kappa shape index (κ1) is 12.0. The van der Waals surface area contributed by atoms with Crippen LogP contribution in [0.5, 0.6) is 0 Å². The second-order valence-corrected chi connectivity index (χ2v) is 5.01. The van der Waals surface area contributed by atoms with Crippen LogP contribution in [-0.4, -0.2) is 30.0 Å². The van der Waals surface area contributed by atoms with Crippen LogP contribution in [0.4, 0.5) is 0 Å². The van der Waals surface area contributed by atoms with E-state index in [0.717, 1.165) is 19.4 Å². The van der Waals surface area contributed by atoms with Gasteiger partial charge in [-0.25, -0.2) is 0 Å². The van der Waals surface area contributed by atoms with Crippen molar-refractivity contribution < 1.29 is 9.53 Å². The number of halogens is 1. The Morgan fingerprint density at radius 2 is 2.36 bits per heavy atom. The zero-order valence-electron chi connectivity index (χ0n) is 8.75. The standard InChI is InChI=1S/C10H18BrNO2/c1-7(2)9(11)10(13)12-6-8-4-3-5-14-8/h7-9H,3-6H2,1-2H3,(H,12,13)/t8-,9-/m0/s1. The molecule has 1 aliphatic heterocycles. The van der Waals surface area contributed by atoms with Crippen molar-refractivity contribution in [3.05, 3.63) is 0 Å². The lowest BCUT2D eigenvalue weighted by molar-refractivity contribution is -0.121. The average molecular weight is 264 g/mol. The van der Waals surface area contributed by atoms with E-state index < -0.39 is 0 Å². The molecule has 0 aromatic carbocycles. The van der Waals surface area contributed by atoms with E-state index in [9.17, 15) is 4.79 Å². The number of rotatable bonds is 4. The van der Waals surface area contributed by atoms with Gasteiger partial charge in [0.2, 0.25) is 5.91 Å². The molecular formula is C10H18BrNO2. The fraction of sp³-hybridized carbons (Fsp3) is 0.900. The van der Waals surface area contributed by atoms with Gasteiger partial charge < -0.3 is 10.1 Å². The molecule has 82 valence electrons. The molecule has 14 heavy (non-hydrogen) atoms. The molecule has 1 N–H and O–H groups in total. The smallest absolute Gasteiger partial charge is 0.234 e. The molecule has 0 saturated carbocycles. The van der Waals surface area contributed by atoms with Crippen molar-refractivity contribution in [2.45, 2.75) is 37.6 Å². The number of ether oxygens (including phenoxy) is 1. The summed E-state index contributed by atoms with van der Waals surface area (Å²) in [6, 6.07) is 0. The fourth-order valence-corrected chi connectivity index (χ4v) is 1.58. The molecular weight excluding hydrogens is 246 g/mol. The lowest BCUT2D eigenvalue weighted by atomic mass is 10.1. The summed E-state index contributed by atoms with van der Waals surface area (Å²) in [6.45, 7) is 5.52. The average Bonchev–Trinajstić information content (AvgIpc) is 2.65. The Bertz CT molecular complexity index is 191. The van der Waals surface area contributed by atoms with E-state index >= 15 is 0 Å². The van der Waals surface area contributed by atoms with Crippen LogP contribution in [-0.2, 0) is 9.53 Å². The molecule has 0 radical (unpaired) electrons. The van der Waals surface area contributed by atoms with Crippen molar-refractivity contribution in [1.29, 1.82) is 0 Å². The molecule has 3 nitrogen and oxygen atoms in total. The highest BCUT2D eigenvalue weighted by atomic mass is 79.9. The first-order valence-electron chi connectivity index (χ1n) is 5.14. The van der Waals surface area contributed by atoms with Crippen LogP contribution in [0.25, 0.3) is 0 Å². The zero-order valence-corrected chi connectivity index (χ0v) is 10.3. The molecule has 0 aliphatic carbocycles. The van der Waals surface area contributed by atoms with Crippen molar-refractivity contribution >= 4 is 21.8 Å². The molecule has 1 amide bonds. The summed E-state index contributed by atoms with van der Waals surface area (Å²) in [6.07, 6.45) is 2.41. The predicted octanol–water partition coefficient (Wildman–Crippen LogP) is 1.70. The zero-order chi connectivity index (χ0) is 10.6. The van der Waals surface area contributed by atoms with Gasteiger partial charge in [-0.05, 0) is 18.8 Å².